The second-order valence-corrected chi connectivity index (χ2v) is 14.5. The average Bonchev–Trinajstić information content (AvgIpc) is 2.39. The van der Waals surface area contributed by atoms with E-state index in [0.717, 1.165) is 5.56 Å². The van der Waals surface area contributed by atoms with Crippen LogP contribution in [0.3, 0.4) is 0 Å². The van der Waals surface area contributed by atoms with Crippen molar-refractivity contribution in [2.24, 2.45) is 5.92 Å². The minimum Gasteiger partial charge on any atom is -0.379 e. The van der Waals surface area contributed by atoms with E-state index in [4.69, 9.17) is 0 Å². The zero-order valence-corrected chi connectivity index (χ0v) is 18.4. The average molecular weight is 382 g/mol. The summed E-state index contributed by atoms with van der Waals surface area (Å²) in [7, 11) is -5.39. The van der Waals surface area contributed by atoms with Gasteiger partial charge in [-0.15, -0.1) is 5.54 Å². The highest BCUT2D eigenvalue weighted by Crippen LogP contribution is 2.23. The van der Waals surface area contributed by atoms with E-state index in [2.05, 4.69) is 35.8 Å². The Morgan fingerprint density at radius 1 is 1.08 bits per heavy atom. The van der Waals surface area contributed by atoms with Gasteiger partial charge in [-0.25, -0.2) is 13.1 Å². The van der Waals surface area contributed by atoms with E-state index in [1.54, 1.807) is 13.8 Å². The fraction of sp³-hybridized carbons (Fsp3) is 0.579. The van der Waals surface area contributed by atoms with Gasteiger partial charge < -0.3 is 5.11 Å². The molecule has 140 valence electrons. The molecule has 0 aliphatic heterocycles. The molecule has 0 aromatic heterocycles. The van der Waals surface area contributed by atoms with Crippen LogP contribution < -0.4 is 4.72 Å². The smallest absolute Gasteiger partial charge is 0.241 e. The van der Waals surface area contributed by atoms with Crippen LogP contribution in [0.5, 0.6) is 0 Å². The van der Waals surface area contributed by atoms with Gasteiger partial charge in [-0.3, -0.25) is 0 Å². The normalized spacial score (nSPS) is 14.8. The first-order valence-corrected chi connectivity index (χ1v) is 13.5. The summed E-state index contributed by atoms with van der Waals surface area (Å²) in [6.07, 6.45) is -1.03. The molecule has 0 fully saturated rings. The van der Waals surface area contributed by atoms with E-state index in [0.29, 0.717) is 11.1 Å². The number of hydrogen-bond acceptors (Lipinski definition) is 3. The molecule has 25 heavy (non-hydrogen) atoms. The van der Waals surface area contributed by atoms with E-state index in [-0.39, 0.29) is 10.8 Å². The fourth-order valence-corrected chi connectivity index (χ4v) is 5.20. The highest BCUT2D eigenvalue weighted by molar-refractivity contribution is 7.89. The van der Waals surface area contributed by atoms with Crippen LogP contribution in [-0.4, -0.2) is 33.7 Å². The van der Waals surface area contributed by atoms with Crippen LogP contribution in [0.4, 0.5) is 0 Å². The van der Waals surface area contributed by atoms with Crippen molar-refractivity contribution < 1.29 is 13.5 Å². The molecule has 0 unspecified atom stereocenters. The van der Waals surface area contributed by atoms with Crippen molar-refractivity contribution in [1.82, 2.24) is 4.72 Å². The van der Waals surface area contributed by atoms with Gasteiger partial charge in [0, 0.05) is 0 Å². The third kappa shape index (κ3) is 6.26. The monoisotopic (exact) mass is 381 g/mol. The first kappa shape index (κ1) is 21.9. The van der Waals surface area contributed by atoms with Crippen molar-refractivity contribution in [1.29, 1.82) is 0 Å². The molecule has 0 aliphatic rings. The first-order valence-electron chi connectivity index (χ1n) is 8.55. The molecule has 1 aromatic rings. The molecule has 1 aromatic carbocycles. The van der Waals surface area contributed by atoms with E-state index < -0.39 is 30.2 Å². The van der Waals surface area contributed by atoms with Gasteiger partial charge >= 0.3 is 0 Å². The summed E-state index contributed by atoms with van der Waals surface area (Å²) in [5.41, 5.74) is 5.55. The molecule has 4 nitrogen and oxygen atoms in total. The van der Waals surface area contributed by atoms with E-state index in [9.17, 15) is 13.5 Å². The van der Waals surface area contributed by atoms with Crippen LogP contribution in [-0.2, 0) is 10.0 Å². The van der Waals surface area contributed by atoms with Gasteiger partial charge in [-0.1, -0.05) is 57.1 Å². The highest BCUT2D eigenvalue weighted by Gasteiger charge is 2.29. The molecule has 2 atom stereocenters. The molecule has 0 heterocycles. The molecule has 0 radical (unpaired) electrons. The molecule has 0 spiro atoms. The Bertz CT molecular complexity index is 760. The topological polar surface area (TPSA) is 66.4 Å². The molecule has 2 N–H and O–H groups in total. The Morgan fingerprint density at radius 2 is 1.56 bits per heavy atom. The zero-order valence-electron chi connectivity index (χ0n) is 16.6. The fourth-order valence-electron chi connectivity index (χ4n) is 2.77. The van der Waals surface area contributed by atoms with Crippen molar-refractivity contribution in [2.75, 3.05) is 0 Å². The maximum Gasteiger partial charge on any atom is 0.241 e. The summed E-state index contributed by atoms with van der Waals surface area (Å²) < 4.78 is 28.6. The Kier molecular flexibility index (Phi) is 7.05. The summed E-state index contributed by atoms with van der Waals surface area (Å²) in [5, 5.41) is 10.5. The number of sulfonamides is 1. The summed E-state index contributed by atoms with van der Waals surface area (Å²) in [6.45, 7) is 15.5. The van der Waals surface area contributed by atoms with Gasteiger partial charge in [0.2, 0.25) is 10.0 Å². The summed E-state index contributed by atoms with van der Waals surface area (Å²) in [5.74, 6) is 2.77. The molecule has 0 saturated heterocycles. The van der Waals surface area contributed by atoms with Gasteiger partial charge in [0.15, 0.2) is 0 Å². The number of nitrogens with one attached hydrogen (secondary N) is 1. The maximum absolute atomic E-state index is 12.9. The van der Waals surface area contributed by atoms with Crippen LogP contribution in [0.15, 0.2) is 17.0 Å². The second kappa shape index (κ2) is 8.04. The lowest BCUT2D eigenvalue weighted by Crippen LogP contribution is -2.46. The molecule has 0 amide bonds. The molecule has 1 rings (SSSR count). The first-order chi connectivity index (χ1) is 11.2. The predicted molar refractivity (Wildman–Crippen MR) is 107 cm³/mol. The van der Waals surface area contributed by atoms with Crippen molar-refractivity contribution in [3.8, 4) is 11.5 Å². The summed E-state index contributed by atoms with van der Waals surface area (Å²) in [4.78, 5) is 0.286. The number of hydrogen-bond donors (Lipinski definition) is 2. The van der Waals surface area contributed by atoms with Crippen LogP contribution in [0, 0.1) is 38.2 Å². The standard InChI is InChI=1S/C19H31NO3SSi/c1-13(2)18(17(21)9-10-25(6,7)8)20-24(22,23)19-15(4)11-14(3)12-16(19)5/h11-13,17-18,20-21H,1-8H3/t17-,18+/m1/s1. The molecular formula is C19H31NO3SSi. The number of aliphatic hydroxyl groups is 1. The van der Waals surface area contributed by atoms with Crippen molar-refractivity contribution in [3.63, 3.8) is 0 Å². The molecule has 6 heteroatoms. The number of rotatable bonds is 5. The SMILES string of the molecule is Cc1cc(C)c(S(=O)(=O)N[C@@H](C(C)C)[C@H](O)C#C[Si](C)(C)C)c(C)c1. The molecule has 0 bridgehead atoms. The molecule has 0 saturated carbocycles. The lowest BCUT2D eigenvalue weighted by atomic mass is 10.0. The Balaban J connectivity index is 3.23. The van der Waals surface area contributed by atoms with Crippen LogP contribution >= 0.6 is 0 Å². The quantitative estimate of drug-likeness (QED) is 0.608. The van der Waals surface area contributed by atoms with Crippen molar-refractivity contribution in [3.05, 3.63) is 28.8 Å². The summed E-state index contributed by atoms with van der Waals surface area (Å²) in [6, 6.07) is 3.05. The number of aryl methyl sites for hydroxylation is 3. The zero-order chi connectivity index (χ0) is 19.6. The van der Waals surface area contributed by atoms with E-state index in [1.807, 2.05) is 32.9 Å². The van der Waals surface area contributed by atoms with Crippen molar-refractivity contribution >= 4 is 18.1 Å². The van der Waals surface area contributed by atoms with Crippen LogP contribution in [0.25, 0.3) is 0 Å². The Morgan fingerprint density at radius 3 is 1.96 bits per heavy atom. The van der Waals surface area contributed by atoms with Gasteiger partial charge in [0.1, 0.15) is 14.2 Å². The van der Waals surface area contributed by atoms with E-state index >= 15 is 0 Å². The minimum atomic E-state index is -3.75. The predicted octanol–water partition coefficient (Wildman–Crippen LogP) is 3.16. The lowest BCUT2D eigenvalue weighted by molar-refractivity contribution is 0.167. The lowest BCUT2D eigenvalue weighted by Gasteiger charge is -2.25. The van der Waals surface area contributed by atoms with Crippen LogP contribution in [0.2, 0.25) is 19.6 Å². The van der Waals surface area contributed by atoms with Crippen molar-refractivity contribution in [2.45, 2.75) is 71.3 Å². The number of aliphatic hydroxyl groups excluding tert-OH is 1. The van der Waals surface area contributed by atoms with Gasteiger partial charge in [-0.05, 0) is 37.8 Å². The van der Waals surface area contributed by atoms with Gasteiger partial charge in [0.05, 0.1) is 10.9 Å². The summed E-state index contributed by atoms with van der Waals surface area (Å²) >= 11 is 0. The van der Waals surface area contributed by atoms with Gasteiger partial charge in [0.25, 0.3) is 0 Å². The molecular weight excluding hydrogens is 350 g/mol. The largest absolute Gasteiger partial charge is 0.379 e. The van der Waals surface area contributed by atoms with E-state index in [1.165, 1.54) is 0 Å². The Hall–Kier alpha value is -1.13. The minimum absolute atomic E-state index is 0.0910. The Labute approximate surface area is 154 Å². The number of benzene rings is 1. The third-order valence-corrected chi connectivity index (χ3v) is 6.48. The third-order valence-electron chi connectivity index (χ3n) is 3.82. The van der Waals surface area contributed by atoms with Crippen LogP contribution in [0.1, 0.15) is 30.5 Å². The van der Waals surface area contributed by atoms with Gasteiger partial charge in [-0.2, -0.15) is 0 Å². The highest BCUT2D eigenvalue weighted by atomic mass is 32.2. The maximum atomic E-state index is 12.9. The molecule has 0 aliphatic carbocycles. The second-order valence-electron chi connectivity index (χ2n) is 8.08.